The predicted octanol–water partition coefficient (Wildman–Crippen LogP) is 5.48. The van der Waals surface area contributed by atoms with Crippen LogP contribution in [0.5, 0.6) is 0 Å². The molecule has 1 aliphatic heterocycles. The molecule has 1 aromatic heterocycles. The molecule has 1 amide bonds. The van der Waals surface area contributed by atoms with Gasteiger partial charge in [0, 0.05) is 24.5 Å². The van der Waals surface area contributed by atoms with E-state index in [4.69, 9.17) is 9.47 Å². The van der Waals surface area contributed by atoms with E-state index in [1.807, 2.05) is 96.1 Å². The number of fused-ring (bicyclic) bond motifs is 1. The Labute approximate surface area is 212 Å². The second-order valence-electron chi connectivity index (χ2n) is 11.4. The van der Waals surface area contributed by atoms with E-state index in [-0.39, 0.29) is 18.7 Å². The Morgan fingerprint density at radius 2 is 1.50 bits per heavy atom. The Kier molecular flexibility index (Phi) is 6.45. The maximum Gasteiger partial charge on any atom is 0.419 e. The molecule has 2 heterocycles. The third-order valence-electron chi connectivity index (χ3n) is 6.09. The van der Waals surface area contributed by atoms with Crippen molar-refractivity contribution in [2.24, 2.45) is 0 Å². The van der Waals surface area contributed by atoms with Crippen molar-refractivity contribution in [3.05, 3.63) is 71.9 Å². The van der Waals surface area contributed by atoms with Gasteiger partial charge < -0.3 is 14.4 Å². The highest BCUT2D eigenvalue weighted by molar-refractivity contribution is 6.00. The van der Waals surface area contributed by atoms with Crippen LogP contribution in [0, 0.1) is 0 Å². The summed E-state index contributed by atoms with van der Waals surface area (Å²) in [5.41, 5.74) is -0.175. The number of likely N-dealkylation sites (tertiary alicyclic amines) is 1. The van der Waals surface area contributed by atoms with E-state index in [1.54, 1.807) is 11.1 Å². The molecule has 1 fully saturated rings. The van der Waals surface area contributed by atoms with Crippen LogP contribution in [0.2, 0.25) is 0 Å². The summed E-state index contributed by atoms with van der Waals surface area (Å²) in [6, 6.07) is 17.1. The van der Waals surface area contributed by atoms with Gasteiger partial charge in [-0.25, -0.2) is 9.59 Å². The van der Waals surface area contributed by atoms with Crippen molar-refractivity contribution in [3.63, 3.8) is 0 Å². The molecule has 3 aromatic rings. The zero-order valence-corrected chi connectivity index (χ0v) is 21.8. The minimum absolute atomic E-state index is 0.0424. The molecule has 7 nitrogen and oxygen atoms in total. The number of hydrogen-bond acceptors (Lipinski definition) is 5. The zero-order chi connectivity index (χ0) is 26.3. The van der Waals surface area contributed by atoms with Gasteiger partial charge in [-0.2, -0.15) is 0 Å². The van der Waals surface area contributed by atoms with Crippen molar-refractivity contribution in [2.45, 2.75) is 77.7 Å². The van der Waals surface area contributed by atoms with Crippen LogP contribution in [0.1, 0.15) is 59.1 Å². The summed E-state index contributed by atoms with van der Waals surface area (Å²) in [5.74, 6) is -0.555. The Morgan fingerprint density at radius 1 is 0.889 bits per heavy atom. The first kappa shape index (κ1) is 25.5. The molecule has 0 N–H and O–H groups in total. The summed E-state index contributed by atoms with van der Waals surface area (Å²) in [6.45, 7) is 11.2. The van der Waals surface area contributed by atoms with Crippen LogP contribution in [-0.2, 0) is 32.0 Å². The largest absolute Gasteiger partial charge is 0.458 e. The Morgan fingerprint density at radius 3 is 2.11 bits per heavy atom. The van der Waals surface area contributed by atoms with E-state index in [0.717, 1.165) is 16.5 Å². The number of β-lactam (4-membered cyclic amide) rings is 1. The molecule has 0 radical (unpaired) electrons. The summed E-state index contributed by atoms with van der Waals surface area (Å²) in [4.78, 5) is 41.2. The number of hydrogen-bond donors (Lipinski definition) is 0. The van der Waals surface area contributed by atoms with Crippen molar-refractivity contribution < 1.29 is 23.9 Å². The molecule has 1 unspecified atom stereocenters. The van der Waals surface area contributed by atoms with Crippen LogP contribution in [0.3, 0.4) is 0 Å². The normalized spacial score (nSPS) is 18.2. The number of benzene rings is 2. The van der Waals surface area contributed by atoms with Gasteiger partial charge in [0.05, 0.1) is 11.9 Å². The molecule has 36 heavy (non-hydrogen) atoms. The quantitative estimate of drug-likeness (QED) is 0.350. The standard InChI is InChI=1S/C29H34N2O5/c1-27(2,3)35-25(33)29(17-24(32)31(29)18-20-12-8-7-9-13-20)16-21-19-30(26(34)36-28(4,5)6)23-15-11-10-14-22(21)23/h7-15,19H,16-18H2,1-6H3. The molecule has 2 aromatic carbocycles. The number of carbonyl (C=O) groups is 3. The minimum Gasteiger partial charge on any atom is -0.458 e. The summed E-state index contributed by atoms with van der Waals surface area (Å²) in [6.07, 6.45) is 1.48. The smallest absolute Gasteiger partial charge is 0.419 e. The van der Waals surface area contributed by atoms with Gasteiger partial charge in [0.1, 0.15) is 11.2 Å². The summed E-state index contributed by atoms with van der Waals surface area (Å²) < 4.78 is 12.9. The highest BCUT2D eigenvalue weighted by atomic mass is 16.6. The third kappa shape index (κ3) is 5.15. The summed E-state index contributed by atoms with van der Waals surface area (Å²) >= 11 is 0. The molecule has 190 valence electrons. The molecule has 0 bridgehead atoms. The van der Waals surface area contributed by atoms with Crippen LogP contribution in [0.25, 0.3) is 10.9 Å². The summed E-state index contributed by atoms with van der Waals surface area (Å²) in [5, 5.41) is 0.824. The molecule has 4 rings (SSSR count). The third-order valence-corrected chi connectivity index (χ3v) is 6.09. The average Bonchev–Trinajstić information content (AvgIpc) is 3.14. The molecular weight excluding hydrogens is 456 g/mol. The van der Waals surface area contributed by atoms with Crippen molar-refractivity contribution in [1.29, 1.82) is 0 Å². The predicted molar refractivity (Wildman–Crippen MR) is 137 cm³/mol. The van der Waals surface area contributed by atoms with Crippen LogP contribution >= 0.6 is 0 Å². The average molecular weight is 491 g/mol. The second kappa shape index (κ2) is 9.12. The van der Waals surface area contributed by atoms with Gasteiger partial charge in [-0.15, -0.1) is 0 Å². The highest BCUT2D eigenvalue weighted by Gasteiger charge is 2.58. The topological polar surface area (TPSA) is 77.8 Å². The van der Waals surface area contributed by atoms with E-state index >= 15 is 0 Å². The number of rotatable bonds is 5. The van der Waals surface area contributed by atoms with Gasteiger partial charge in [-0.05, 0) is 58.7 Å². The first-order chi connectivity index (χ1) is 16.8. The SMILES string of the molecule is CC(C)(C)OC(=O)n1cc(CC2(C(=O)OC(C)(C)C)CC(=O)N2Cc2ccccc2)c2ccccc21. The number of carbonyl (C=O) groups excluding carboxylic acids is 3. The Balaban J connectivity index is 1.76. The van der Waals surface area contributed by atoms with E-state index < -0.39 is 28.8 Å². The highest BCUT2D eigenvalue weighted by Crippen LogP contribution is 2.40. The first-order valence-corrected chi connectivity index (χ1v) is 12.2. The van der Waals surface area contributed by atoms with Crippen LogP contribution in [0.15, 0.2) is 60.8 Å². The van der Waals surface area contributed by atoms with Gasteiger partial charge in [0.15, 0.2) is 5.54 Å². The Bertz CT molecular complexity index is 1300. The van der Waals surface area contributed by atoms with Crippen molar-refractivity contribution in [3.8, 4) is 0 Å². The number of aromatic nitrogens is 1. The Hall–Kier alpha value is -3.61. The number of nitrogens with zero attached hydrogens (tertiary/aromatic N) is 2. The fraction of sp³-hybridized carbons (Fsp3) is 0.414. The maximum absolute atomic E-state index is 13.7. The van der Waals surface area contributed by atoms with E-state index in [0.29, 0.717) is 12.1 Å². The number of para-hydroxylation sites is 1. The van der Waals surface area contributed by atoms with Crippen molar-refractivity contribution in [2.75, 3.05) is 0 Å². The van der Waals surface area contributed by atoms with Gasteiger partial charge in [-0.3, -0.25) is 9.36 Å². The minimum atomic E-state index is -1.18. The van der Waals surface area contributed by atoms with Gasteiger partial charge >= 0.3 is 12.1 Å². The lowest BCUT2D eigenvalue weighted by atomic mass is 9.77. The van der Waals surface area contributed by atoms with E-state index in [9.17, 15) is 14.4 Å². The molecule has 1 atom stereocenters. The molecule has 7 heteroatoms. The first-order valence-electron chi connectivity index (χ1n) is 12.2. The monoisotopic (exact) mass is 490 g/mol. The van der Waals surface area contributed by atoms with Gasteiger partial charge in [0.25, 0.3) is 0 Å². The zero-order valence-electron chi connectivity index (χ0n) is 21.8. The van der Waals surface area contributed by atoms with E-state index in [2.05, 4.69) is 0 Å². The molecule has 0 saturated carbocycles. The van der Waals surface area contributed by atoms with Crippen molar-refractivity contribution in [1.82, 2.24) is 9.47 Å². The molecule has 1 saturated heterocycles. The molecule has 0 aliphatic carbocycles. The maximum atomic E-state index is 13.7. The number of esters is 1. The number of ether oxygens (including phenoxy) is 2. The molecular formula is C29H34N2O5. The lowest BCUT2D eigenvalue weighted by Crippen LogP contribution is -2.69. The van der Waals surface area contributed by atoms with Gasteiger partial charge in [0.2, 0.25) is 5.91 Å². The molecule has 0 spiro atoms. The second-order valence-corrected chi connectivity index (χ2v) is 11.4. The fourth-order valence-corrected chi connectivity index (χ4v) is 4.55. The summed E-state index contributed by atoms with van der Waals surface area (Å²) in [7, 11) is 0. The van der Waals surface area contributed by atoms with Crippen LogP contribution < -0.4 is 0 Å². The van der Waals surface area contributed by atoms with Crippen LogP contribution in [-0.4, -0.2) is 44.2 Å². The number of amides is 1. The van der Waals surface area contributed by atoms with Crippen molar-refractivity contribution >= 4 is 28.9 Å². The lowest BCUT2D eigenvalue weighted by Gasteiger charge is -2.50. The van der Waals surface area contributed by atoms with E-state index in [1.165, 1.54) is 4.57 Å². The fourth-order valence-electron chi connectivity index (χ4n) is 4.55. The van der Waals surface area contributed by atoms with Gasteiger partial charge in [-0.1, -0.05) is 48.5 Å². The molecule has 1 aliphatic rings. The lowest BCUT2D eigenvalue weighted by molar-refractivity contribution is -0.188. The van der Waals surface area contributed by atoms with Crippen LogP contribution in [0.4, 0.5) is 4.79 Å².